The van der Waals surface area contributed by atoms with Crippen molar-refractivity contribution in [2.45, 2.75) is 63.0 Å². The zero-order chi connectivity index (χ0) is 29.1. The van der Waals surface area contributed by atoms with Crippen molar-refractivity contribution in [1.82, 2.24) is 15.1 Å². The number of amides is 2. The number of likely N-dealkylation sites (tertiary alicyclic amines) is 2. The minimum atomic E-state index is -2.81. The van der Waals surface area contributed by atoms with Gasteiger partial charge in [-0.25, -0.2) is 13.6 Å². The maximum Gasteiger partial charge on any atom is 0.475 e. The molecule has 0 saturated carbocycles. The van der Waals surface area contributed by atoms with E-state index < -0.39 is 49.2 Å². The Kier molecular flexibility index (Phi) is 8.82. The van der Waals surface area contributed by atoms with E-state index in [0.717, 1.165) is 5.39 Å². The fourth-order valence-corrected chi connectivity index (χ4v) is 5.20. The van der Waals surface area contributed by atoms with Crippen molar-refractivity contribution in [3.05, 3.63) is 47.7 Å². The van der Waals surface area contributed by atoms with E-state index in [1.807, 2.05) is 24.3 Å². The number of nitrogens with one attached hydrogen (secondary N) is 1. The van der Waals surface area contributed by atoms with Crippen LogP contribution in [0.3, 0.4) is 0 Å². The van der Waals surface area contributed by atoms with Crippen molar-refractivity contribution >= 4 is 30.1 Å². The van der Waals surface area contributed by atoms with Gasteiger partial charge in [0, 0.05) is 30.4 Å². The van der Waals surface area contributed by atoms with Crippen LogP contribution in [0.4, 0.5) is 13.6 Å². The highest BCUT2D eigenvalue weighted by molar-refractivity contribution is 6.43. The Morgan fingerprint density at radius 3 is 2.77 bits per heavy atom. The van der Waals surface area contributed by atoms with Crippen molar-refractivity contribution in [2.75, 3.05) is 26.2 Å². The zero-order valence-electron chi connectivity index (χ0n) is 22.5. The Bertz CT molecular complexity index is 1310. The second-order valence-electron chi connectivity index (χ2n) is 10.9. The SMILES string of the molecule is CC(C)(/C=C(\C#N)C(=O)N1CCC[C@H](OC(=O)N[C@@H](Cc2coc3ccccc23)B(O)O)C1)N1CCC(F)(F)C1. The number of nitriles is 1. The maximum atomic E-state index is 13.7. The smallest absolute Gasteiger partial charge is 0.464 e. The van der Waals surface area contributed by atoms with Crippen LogP contribution in [0.15, 0.2) is 46.6 Å². The molecular formula is C27H33BF2N4O6. The second-order valence-corrected chi connectivity index (χ2v) is 10.9. The number of benzene rings is 1. The van der Waals surface area contributed by atoms with E-state index in [1.165, 1.54) is 17.2 Å². The van der Waals surface area contributed by atoms with Crippen LogP contribution in [0.1, 0.15) is 38.7 Å². The lowest BCUT2D eigenvalue weighted by molar-refractivity contribution is -0.129. The van der Waals surface area contributed by atoms with E-state index in [2.05, 4.69) is 5.32 Å². The molecule has 2 aliphatic heterocycles. The van der Waals surface area contributed by atoms with E-state index in [9.17, 15) is 33.7 Å². The van der Waals surface area contributed by atoms with Gasteiger partial charge in [0.05, 0.1) is 25.3 Å². The molecule has 1 aromatic carbocycles. The van der Waals surface area contributed by atoms with Gasteiger partial charge < -0.3 is 29.4 Å². The number of alkyl carbamates (subject to hydrolysis) is 1. The molecule has 0 spiro atoms. The fraction of sp³-hybridized carbons (Fsp3) is 0.519. The van der Waals surface area contributed by atoms with Crippen LogP contribution >= 0.6 is 0 Å². The van der Waals surface area contributed by atoms with Crippen LogP contribution in [0.5, 0.6) is 0 Å². The number of furan rings is 1. The Labute approximate surface area is 231 Å². The Balaban J connectivity index is 1.36. The summed E-state index contributed by atoms with van der Waals surface area (Å²) in [6.45, 7) is 3.45. The third kappa shape index (κ3) is 6.99. The molecule has 13 heteroatoms. The Morgan fingerprint density at radius 1 is 1.35 bits per heavy atom. The topological polar surface area (TPSA) is 139 Å². The van der Waals surface area contributed by atoms with E-state index in [-0.39, 0.29) is 31.5 Å². The van der Waals surface area contributed by atoms with Gasteiger partial charge in [-0.05, 0) is 50.8 Å². The number of para-hydroxylation sites is 1. The largest absolute Gasteiger partial charge is 0.475 e. The minimum Gasteiger partial charge on any atom is -0.464 e. The fourth-order valence-electron chi connectivity index (χ4n) is 5.20. The molecule has 4 rings (SSSR count). The molecule has 2 atom stereocenters. The second kappa shape index (κ2) is 12.0. The molecule has 1 aromatic heterocycles. The molecule has 214 valence electrons. The highest BCUT2D eigenvalue weighted by atomic mass is 19.3. The Morgan fingerprint density at radius 2 is 2.10 bits per heavy atom. The summed E-state index contributed by atoms with van der Waals surface area (Å²) in [5, 5.41) is 32.7. The minimum absolute atomic E-state index is 0.0339. The van der Waals surface area contributed by atoms with Crippen molar-refractivity contribution in [3.63, 3.8) is 0 Å². The number of carbonyl (C=O) groups excluding carboxylic acids is 2. The molecule has 2 fully saturated rings. The lowest BCUT2D eigenvalue weighted by Crippen LogP contribution is -2.50. The summed E-state index contributed by atoms with van der Waals surface area (Å²) in [5.74, 6) is -4.45. The van der Waals surface area contributed by atoms with Crippen LogP contribution in [0, 0.1) is 11.3 Å². The third-order valence-corrected chi connectivity index (χ3v) is 7.44. The van der Waals surface area contributed by atoms with Gasteiger partial charge in [-0.2, -0.15) is 5.26 Å². The van der Waals surface area contributed by atoms with Crippen LogP contribution in [-0.2, 0) is 16.0 Å². The van der Waals surface area contributed by atoms with E-state index in [1.54, 1.807) is 24.8 Å². The van der Waals surface area contributed by atoms with Gasteiger partial charge in [-0.3, -0.25) is 9.69 Å². The summed E-state index contributed by atoms with van der Waals surface area (Å²) in [7, 11) is -1.87. The molecule has 3 N–H and O–H groups in total. The molecule has 2 amide bonds. The molecule has 0 unspecified atom stereocenters. The van der Waals surface area contributed by atoms with Crippen LogP contribution in [-0.4, -0.2) is 88.7 Å². The number of halogens is 2. The first-order valence-electron chi connectivity index (χ1n) is 13.2. The molecule has 0 bridgehead atoms. The summed E-state index contributed by atoms with van der Waals surface area (Å²) in [6, 6.07) is 9.14. The van der Waals surface area contributed by atoms with E-state index >= 15 is 0 Å². The molecule has 40 heavy (non-hydrogen) atoms. The van der Waals surface area contributed by atoms with Gasteiger partial charge in [-0.15, -0.1) is 0 Å². The van der Waals surface area contributed by atoms with Crippen LogP contribution in [0.2, 0.25) is 0 Å². The first-order valence-corrected chi connectivity index (χ1v) is 13.2. The average Bonchev–Trinajstić information content (AvgIpc) is 3.49. The number of alkyl halides is 2. The van der Waals surface area contributed by atoms with Crippen LogP contribution < -0.4 is 5.32 Å². The maximum absolute atomic E-state index is 13.7. The van der Waals surface area contributed by atoms with Crippen LogP contribution in [0.25, 0.3) is 11.0 Å². The third-order valence-electron chi connectivity index (χ3n) is 7.44. The monoisotopic (exact) mass is 558 g/mol. The first kappa shape index (κ1) is 29.5. The molecule has 2 aliphatic rings. The molecule has 2 aromatic rings. The number of rotatable bonds is 8. The standard InChI is InChI=1S/C27H33BF2N4O6/c1-26(2,34-11-9-27(29,30)17-34)13-19(14-31)24(35)33-10-5-6-20(15-33)40-25(36)32-23(28(37)38)12-18-16-39-22-8-4-3-7-21(18)22/h3-4,7-8,13,16,20,23,37-38H,5-6,9-12,15,17H2,1-2H3,(H,32,36)/b19-13+/t20-,23-/m0/s1. The van der Waals surface area contributed by atoms with Crippen molar-refractivity contribution in [3.8, 4) is 6.07 Å². The zero-order valence-corrected chi connectivity index (χ0v) is 22.5. The summed E-state index contributed by atoms with van der Waals surface area (Å²) in [5.41, 5.74) is 0.207. The summed E-state index contributed by atoms with van der Waals surface area (Å²) in [6.07, 6.45) is 2.13. The lowest BCUT2D eigenvalue weighted by Gasteiger charge is -2.35. The highest BCUT2D eigenvalue weighted by Crippen LogP contribution is 2.33. The number of ether oxygens (including phenoxy) is 1. The highest BCUT2D eigenvalue weighted by Gasteiger charge is 2.43. The van der Waals surface area contributed by atoms with Gasteiger partial charge in [0.25, 0.3) is 11.8 Å². The van der Waals surface area contributed by atoms with E-state index in [4.69, 9.17) is 9.15 Å². The summed E-state index contributed by atoms with van der Waals surface area (Å²) >= 11 is 0. The number of hydrogen-bond acceptors (Lipinski definition) is 8. The predicted molar refractivity (Wildman–Crippen MR) is 142 cm³/mol. The molecule has 3 heterocycles. The normalized spacial score (nSPS) is 20.7. The molecular weight excluding hydrogens is 525 g/mol. The van der Waals surface area contributed by atoms with Gasteiger partial charge >= 0.3 is 13.2 Å². The van der Waals surface area contributed by atoms with Crippen molar-refractivity contribution < 1.29 is 37.6 Å². The van der Waals surface area contributed by atoms with Crippen molar-refractivity contribution in [1.29, 1.82) is 5.26 Å². The molecule has 0 aliphatic carbocycles. The lowest BCUT2D eigenvalue weighted by atomic mass is 9.76. The Hall–Kier alpha value is -3.47. The number of nitrogens with zero attached hydrogens (tertiary/aromatic N) is 3. The number of piperidine rings is 1. The number of fused-ring (bicyclic) bond motifs is 1. The van der Waals surface area contributed by atoms with E-state index in [0.29, 0.717) is 30.5 Å². The molecule has 2 saturated heterocycles. The van der Waals surface area contributed by atoms with Gasteiger partial charge in [0.15, 0.2) is 0 Å². The van der Waals surface area contributed by atoms with Gasteiger partial charge in [0.2, 0.25) is 0 Å². The van der Waals surface area contributed by atoms with Gasteiger partial charge in [-0.1, -0.05) is 18.2 Å². The number of hydrogen-bond donors (Lipinski definition) is 3. The quantitative estimate of drug-likeness (QED) is 0.255. The van der Waals surface area contributed by atoms with Gasteiger partial charge in [0.1, 0.15) is 23.3 Å². The summed E-state index contributed by atoms with van der Waals surface area (Å²) < 4.78 is 38.5. The molecule has 0 radical (unpaired) electrons. The number of carbonyl (C=O) groups is 2. The summed E-state index contributed by atoms with van der Waals surface area (Å²) in [4.78, 5) is 28.8. The molecule has 10 nitrogen and oxygen atoms in total. The average molecular weight is 558 g/mol. The predicted octanol–water partition coefficient (Wildman–Crippen LogP) is 2.64. The van der Waals surface area contributed by atoms with Crippen molar-refractivity contribution in [2.24, 2.45) is 0 Å². The first-order chi connectivity index (χ1) is 18.9.